The smallest absolute Gasteiger partial charge is 0.234 e. The van der Waals surface area contributed by atoms with Crippen molar-refractivity contribution >= 4 is 5.78 Å². The molecule has 0 aliphatic carbocycles. The van der Waals surface area contributed by atoms with E-state index in [9.17, 15) is 4.79 Å². The summed E-state index contributed by atoms with van der Waals surface area (Å²) in [7, 11) is 0. The number of aromatic nitrogens is 2. The van der Waals surface area contributed by atoms with Crippen molar-refractivity contribution in [2.24, 2.45) is 5.92 Å². The molecule has 2 rings (SSSR count). The van der Waals surface area contributed by atoms with Gasteiger partial charge in [-0.1, -0.05) is 48.8 Å². The minimum Gasteiger partial charge on any atom is -0.339 e. The molecule has 1 heterocycles. The Hall–Kier alpha value is -1.97. The van der Waals surface area contributed by atoms with Gasteiger partial charge in [-0.2, -0.15) is 4.98 Å². The first-order valence-electron chi connectivity index (χ1n) is 6.46. The maximum Gasteiger partial charge on any atom is 0.234 e. The standard InChI is InChI=1S/C15H18N2O2/c1-10(2)8-13(18)9-14-16-15(17-19-14)12-6-4-11(3)5-7-12/h4-7,10H,8-9H2,1-3H3. The molecular weight excluding hydrogens is 240 g/mol. The molecule has 4 nitrogen and oxygen atoms in total. The average Bonchev–Trinajstić information content (AvgIpc) is 2.77. The first kappa shape index (κ1) is 13.5. The average molecular weight is 258 g/mol. The molecule has 0 atom stereocenters. The third-order valence-corrected chi connectivity index (χ3v) is 2.76. The normalized spacial score (nSPS) is 10.9. The van der Waals surface area contributed by atoms with Gasteiger partial charge in [0, 0.05) is 12.0 Å². The van der Waals surface area contributed by atoms with Gasteiger partial charge in [0.25, 0.3) is 0 Å². The van der Waals surface area contributed by atoms with E-state index in [0.29, 0.717) is 24.1 Å². The van der Waals surface area contributed by atoms with Crippen LogP contribution >= 0.6 is 0 Å². The lowest BCUT2D eigenvalue weighted by molar-refractivity contribution is -0.119. The fraction of sp³-hybridized carbons (Fsp3) is 0.400. The number of hydrogen-bond donors (Lipinski definition) is 0. The number of carbonyl (C=O) groups excluding carboxylic acids is 1. The van der Waals surface area contributed by atoms with Crippen LogP contribution in [0.3, 0.4) is 0 Å². The molecule has 2 aromatic rings. The summed E-state index contributed by atoms with van der Waals surface area (Å²) in [5.41, 5.74) is 2.08. The Morgan fingerprint density at radius 1 is 1.26 bits per heavy atom. The summed E-state index contributed by atoms with van der Waals surface area (Å²) in [6.45, 7) is 6.06. The highest BCUT2D eigenvalue weighted by molar-refractivity contribution is 5.80. The highest BCUT2D eigenvalue weighted by Crippen LogP contribution is 2.16. The van der Waals surface area contributed by atoms with Gasteiger partial charge in [0.1, 0.15) is 5.78 Å². The quantitative estimate of drug-likeness (QED) is 0.826. The second kappa shape index (κ2) is 5.78. The van der Waals surface area contributed by atoms with Crippen molar-refractivity contribution in [2.75, 3.05) is 0 Å². The summed E-state index contributed by atoms with van der Waals surface area (Å²) in [5.74, 6) is 1.41. The molecule has 0 amide bonds. The van der Waals surface area contributed by atoms with Gasteiger partial charge < -0.3 is 4.52 Å². The Bertz CT molecular complexity index is 556. The van der Waals surface area contributed by atoms with Gasteiger partial charge in [-0.05, 0) is 12.8 Å². The van der Waals surface area contributed by atoms with Crippen molar-refractivity contribution in [3.8, 4) is 11.4 Å². The molecule has 0 unspecified atom stereocenters. The lowest BCUT2D eigenvalue weighted by Crippen LogP contribution is -2.06. The van der Waals surface area contributed by atoms with E-state index in [0.717, 1.165) is 5.56 Å². The van der Waals surface area contributed by atoms with Gasteiger partial charge in [-0.3, -0.25) is 4.79 Å². The second-order valence-corrected chi connectivity index (χ2v) is 5.19. The largest absolute Gasteiger partial charge is 0.339 e. The summed E-state index contributed by atoms with van der Waals surface area (Å²) in [6, 6.07) is 7.88. The lowest BCUT2D eigenvalue weighted by atomic mass is 10.1. The minimum atomic E-state index is 0.133. The molecule has 0 fully saturated rings. The Balaban J connectivity index is 2.07. The van der Waals surface area contributed by atoms with Crippen molar-refractivity contribution in [1.29, 1.82) is 0 Å². The Morgan fingerprint density at radius 3 is 2.58 bits per heavy atom. The molecule has 4 heteroatoms. The van der Waals surface area contributed by atoms with Crippen LogP contribution in [0, 0.1) is 12.8 Å². The van der Waals surface area contributed by atoms with Crippen molar-refractivity contribution in [3.05, 3.63) is 35.7 Å². The number of aryl methyl sites for hydroxylation is 1. The number of ketones is 1. The highest BCUT2D eigenvalue weighted by atomic mass is 16.5. The number of rotatable bonds is 5. The fourth-order valence-electron chi connectivity index (χ4n) is 1.84. The van der Waals surface area contributed by atoms with Gasteiger partial charge in [-0.25, -0.2) is 0 Å². The summed E-state index contributed by atoms with van der Waals surface area (Å²) in [4.78, 5) is 15.9. The molecule has 0 spiro atoms. The number of hydrogen-bond acceptors (Lipinski definition) is 4. The van der Waals surface area contributed by atoms with Crippen molar-refractivity contribution in [1.82, 2.24) is 10.1 Å². The summed E-state index contributed by atoms with van der Waals surface area (Å²) < 4.78 is 5.12. The Morgan fingerprint density at radius 2 is 1.95 bits per heavy atom. The molecule has 0 saturated carbocycles. The number of carbonyl (C=O) groups is 1. The summed E-state index contributed by atoms with van der Waals surface area (Å²) >= 11 is 0. The van der Waals surface area contributed by atoms with E-state index in [4.69, 9.17) is 4.52 Å². The zero-order chi connectivity index (χ0) is 13.8. The molecule has 0 bridgehead atoms. The third-order valence-electron chi connectivity index (χ3n) is 2.76. The van der Waals surface area contributed by atoms with E-state index < -0.39 is 0 Å². The van der Waals surface area contributed by atoms with Crippen LogP contribution in [0.5, 0.6) is 0 Å². The molecule has 0 N–H and O–H groups in total. The first-order chi connectivity index (χ1) is 9.04. The van der Waals surface area contributed by atoms with E-state index in [1.165, 1.54) is 5.56 Å². The van der Waals surface area contributed by atoms with E-state index in [1.54, 1.807) is 0 Å². The van der Waals surface area contributed by atoms with Crippen molar-refractivity contribution < 1.29 is 9.32 Å². The molecule has 0 aliphatic heterocycles. The molecule has 0 aliphatic rings. The van der Waals surface area contributed by atoms with E-state index in [-0.39, 0.29) is 12.2 Å². The van der Waals surface area contributed by atoms with Crippen LogP contribution in [0.1, 0.15) is 31.7 Å². The molecule has 0 radical (unpaired) electrons. The maximum absolute atomic E-state index is 11.7. The molecule has 0 saturated heterocycles. The zero-order valence-corrected chi connectivity index (χ0v) is 11.5. The van der Waals surface area contributed by atoms with E-state index in [2.05, 4.69) is 10.1 Å². The van der Waals surface area contributed by atoms with Gasteiger partial charge in [0.2, 0.25) is 11.7 Å². The van der Waals surface area contributed by atoms with Crippen LogP contribution in [0.4, 0.5) is 0 Å². The fourth-order valence-corrected chi connectivity index (χ4v) is 1.84. The first-order valence-corrected chi connectivity index (χ1v) is 6.46. The molecule has 1 aromatic carbocycles. The Kier molecular flexibility index (Phi) is 4.10. The topological polar surface area (TPSA) is 56.0 Å². The second-order valence-electron chi connectivity index (χ2n) is 5.19. The summed E-state index contributed by atoms with van der Waals surface area (Å²) in [6.07, 6.45) is 0.763. The van der Waals surface area contributed by atoms with E-state index >= 15 is 0 Å². The van der Waals surface area contributed by atoms with Crippen LogP contribution in [-0.2, 0) is 11.2 Å². The highest BCUT2D eigenvalue weighted by Gasteiger charge is 2.13. The predicted octanol–water partition coefficient (Wildman–Crippen LogP) is 3.20. The number of benzene rings is 1. The van der Waals surface area contributed by atoms with Gasteiger partial charge in [0.15, 0.2) is 0 Å². The zero-order valence-electron chi connectivity index (χ0n) is 11.5. The number of Topliss-reactive ketones (excluding diaryl/α,β-unsaturated/α-hetero) is 1. The predicted molar refractivity (Wildman–Crippen MR) is 72.6 cm³/mol. The molecule has 1 aromatic heterocycles. The van der Waals surface area contributed by atoms with Crippen LogP contribution in [0.25, 0.3) is 11.4 Å². The molecule has 100 valence electrons. The van der Waals surface area contributed by atoms with Crippen molar-refractivity contribution in [3.63, 3.8) is 0 Å². The molecular formula is C15H18N2O2. The maximum atomic E-state index is 11.7. The van der Waals surface area contributed by atoms with Crippen LogP contribution in [0.2, 0.25) is 0 Å². The number of nitrogens with zero attached hydrogens (tertiary/aromatic N) is 2. The van der Waals surface area contributed by atoms with Gasteiger partial charge in [-0.15, -0.1) is 0 Å². The third kappa shape index (κ3) is 3.74. The van der Waals surface area contributed by atoms with Crippen molar-refractivity contribution in [2.45, 2.75) is 33.6 Å². The minimum absolute atomic E-state index is 0.133. The lowest BCUT2D eigenvalue weighted by Gasteiger charge is -2.00. The molecule has 19 heavy (non-hydrogen) atoms. The van der Waals surface area contributed by atoms with Crippen LogP contribution in [0.15, 0.2) is 28.8 Å². The van der Waals surface area contributed by atoms with Gasteiger partial charge >= 0.3 is 0 Å². The summed E-state index contributed by atoms with van der Waals surface area (Å²) in [5, 5.41) is 3.91. The van der Waals surface area contributed by atoms with Crippen LogP contribution in [-0.4, -0.2) is 15.9 Å². The van der Waals surface area contributed by atoms with Gasteiger partial charge in [0.05, 0.1) is 6.42 Å². The van der Waals surface area contributed by atoms with Crippen LogP contribution < -0.4 is 0 Å². The van der Waals surface area contributed by atoms with E-state index in [1.807, 2.05) is 45.0 Å². The monoisotopic (exact) mass is 258 g/mol. The SMILES string of the molecule is Cc1ccc(-c2noc(CC(=O)CC(C)C)n2)cc1. The Labute approximate surface area is 112 Å².